The second-order valence-electron chi connectivity index (χ2n) is 8.25. The molecular formula is C24H33N3O. The second kappa shape index (κ2) is 9.64. The number of benzene rings is 1. The van der Waals surface area contributed by atoms with E-state index in [9.17, 15) is 0 Å². The van der Waals surface area contributed by atoms with Gasteiger partial charge in [0.25, 0.3) is 0 Å². The molecule has 2 aromatic rings. The average molecular weight is 380 g/mol. The van der Waals surface area contributed by atoms with Crippen LogP contribution in [0.15, 0.2) is 54.9 Å². The quantitative estimate of drug-likeness (QED) is 0.725. The first kappa shape index (κ1) is 19.6. The SMILES string of the molecule is c1ccc(CN2CCC(OCCN3CCCCC3)(c3cccnc3)CC2)cc1. The number of ether oxygens (including phenoxy) is 1. The van der Waals surface area contributed by atoms with Crippen LogP contribution in [0.5, 0.6) is 0 Å². The molecular weight excluding hydrogens is 346 g/mol. The van der Waals surface area contributed by atoms with Crippen molar-refractivity contribution in [2.75, 3.05) is 39.3 Å². The Morgan fingerprint density at radius 1 is 0.857 bits per heavy atom. The van der Waals surface area contributed by atoms with Gasteiger partial charge in [-0.05, 0) is 50.4 Å². The lowest BCUT2D eigenvalue weighted by Crippen LogP contribution is -2.45. The topological polar surface area (TPSA) is 28.6 Å². The summed E-state index contributed by atoms with van der Waals surface area (Å²) in [6, 6.07) is 15.0. The van der Waals surface area contributed by atoms with E-state index in [0.717, 1.165) is 45.6 Å². The first-order valence-corrected chi connectivity index (χ1v) is 10.9. The highest BCUT2D eigenvalue weighted by atomic mass is 16.5. The van der Waals surface area contributed by atoms with Gasteiger partial charge >= 0.3 is 0 Å². The van der Waals surface area contributed by atoms with E-state index in [1.807, 2.05) is 18.5 Å². The molecule has 0 bridgehead atoms. The lowest BCUT2D eigenvalue weighted by molar-refractivity contribution is -0.0962. The molecule has 0 saturated carbocycles. The van der Waals surface area contributed by atoms with Gasteiger partial charge < -0.3 is 9.64 Å². The molecule has 2 saturated heterocycles. The molecule has 1 aromatic heterocycles. The highest BCUT2D eigenvalue weighted by molar-refractivity contribution is 5.20. The monoisotopic (exact) mass is 379 g/mol. The zero-order valence-corrected chi connectivity index (χ0v) is 16.9. The van der Waals surface area contributed by atoms with Gasteiger partial charge in [-0.15, -0.1) is 0 Å². The number of nitrogens with zero attached hydrogens (tertiary/aromatic N) is 3. The first-order chi connectivity index (χ1) is 13.8. The molecule has 0 N–H and O–H groups in total. The van der Waals surface area contributed by atoms with Crippen LogP contribution in [-0.2, 0) is 16.9 Å². The summed E-state index contributed by atoms with van der Waals surface area (Å²) in [5.41, 5.74) is 2.45. The van der Waals surface area contributed by atoms with Crippen molar-refractivity contribution in [1.29, 1.82) is 0 Å². The van der Waals surface area contributed by atoms with Crippen LogP contribution in [0.4, 0.5) is 0 Å². The number of aromatic nitrogens is 1. The summed E-state index contributed by atoms with van der Waals surface area (Å²) in [5, 5.41) is 0. The van der Waals surface area contributed by atoms with Gasteiger partial charge in [-0.1, -0.05) is 42.8 Å². The predicted molar refractivity (Wildman–Crippen MR) is 113 cm³/mol. The number of hydrogen-bond donors (Lipinski definition) is 0. The number of rotatable bonds is 7. The third kappa shape index (κ3) is 4.99. The molecule has 2 aliphatic rings. The Morgan fingerprint density at radius 2 is 1.64 bits per heavy atom. The highest BCUT2D eigenvalue weighted by Gasteiger charge is 2.37. The molecule has 0 unspecified atom stereocenters. The Morgan fingerprint density at radius 3 is 2.36 bits per heavy atom. The van der Waals surface area contributed by atoms with Crippen LogP contribution < -0.4 is 0 Å². The van der Waals surface area contributed by atoms with E-state index < -0.39 is 0 Å². The third-order valence-electron chi connectivity index (χ3n) is 6.33. The number of hydrogen-bond acceptors (Lipinski definition) is 4. The standard InChI is InChI=1S/C24H33N3O/c1-3-8-22(9-4-1)21-27-16-11-24(12-17-27,23-10-7-13-25-20-23)28-19-18-26-14-5-2-6-15-26/h1,3-4,7-10,13,20H,2,5-6,11-12,14-19,21H2. The Hall–Kier alpha value is -1.75. The van der Waals surface area contributed by atoms with Gasteiger partial charge in [-0.2, -0.15) is 0 Å². The summed E-state index contributed by atoms with van der Waals surface area (Å²) in [5.74, 6) is 0. The maximum atomic E-state index is 6.65. The van der Waals surface area contributed by atoms with E-state index in [1.165, 1.54) is 43.5 Å². The Labute approximate surface area is 169 Å². The molecule has 4 heteroatoms. The minimum atomic E-state index is -0.183. The lowest BCUT2D eigenvalue weighted by Gasteiger charge is -2.42. The number of pyridine rings is 1. The van der Waals surface area contributed by atoms with E-state index in [0.29, 0.717) is 0 Å². The number of piperidine rings is 2. The zero-order chi connectivity index (χ0) is 19.1. The fraction of sp³-hybridized carbons (Fsp3) is 0.542. The number of likely N-dealkylation sites (tertiary alicyclic amines) is 2. The molecule has 150 valence electrons. The fourth-order valence-electron chi connectivity index (χ4n) is 4.62. The Bertz CT molecular complexity index is 692. The molecule has 0 aliphatic carbocycles. The van der Waals surface area contributed by atoms with Crippen LogP contribution in [0.3, 0.4) is 0 Å². The van der Waals surface area contributed by atoms with Gasteiger partial charge in [0.1, 0.15) is 0 Å². The maximum Gasteiger partial charge on any atom is 0.0971 e. The molecule has 2 fully saturated rings. The van der Waals surface area contributed by atoms with Crippen LogP contribution >= 0.6 is 0 Å². The molecule has 4 rings (SSSR count). The van der Waals surface area contributed by atoms with Crippen LogP contribution in [0.1, 0.15) is 43.2 Å². The van der Waals surface area contributed by atoms with E-state index in [4.69, 9.17) is 4.74 Å². The summed E-state index contributed by atoms with van der Waals surface area (Å²) < 4.78 is 6.65. The fourth-order valence-corrected chi connectivity index (χ4v) is 4.62. The summed E-state index contributed by atoms with van der Waals surface area (Å²) >= 11 is 0. The summed E-state index contributed by atoms with van der Waals surface area (Å²) in [6.07, 6.45) is 9.99. The minimum Gasteiger partial charge on any atom is -0.369 e. The Kier molecular flexibility index (Phi) is 6.73. The van der Waals surface area contributed by atoms with Crippen molar-refractivity contribution >= 4 is 0 Å². The van der Waals surface area contributed by atoms with Crippen LogP contribution in [0.2, 0.25) is 0 Å². The molecule has 0 atom stereocenters. The van der Waals surface area contributed by atoms with Gasteiger partial charge in [0.15, 0.2) is 0 Å². The maximum absolute atomic E-state index is 6.65. The second-order valence-corrected chi connectivity index (χ2v) is 8.25. The van der Waals surface area contributed by atoms with Crippen molar-refractivity contribution in [3.8, 4) is 0 Å². The largest absolute Gasteiger partial charge is 0.369 e. The van der Waals surface area contributed by atoms with Crippen LogP contribution in [0, 0.1) is 0 Å². The first-order valence-electron chi connectivity index (χ1n) is 10.9. The molecule has 4 nitrogen and oxygen atoms in total. The van der Waals surface area contributed by atoms with Crippen molar-refractivity contribution in [2.45, 2.75) is 44.2 Å². The smallest absolute Gasteiger partial charge is 0.0971 e. The molecule has 2 aliphatic heterocycles. The molecule has 1 aromatic carbocycles. The summed E-state index contributed by atoms with van der Waals surface area (Å²) in [6.45, 7) is 7.48. The predicted octanol–water partition coefficient (Wildman–Crippen LogP) is 4.08. The summed E-state index contributed by atoms with van der Waals surface area (Å²) in [7, 11) is 0. The molecule has 0 amide bonds. The molecule has 3 heterocycles. The van der Waals surface area contributed by atoms with Crippen molar-refractivity contribution in [3.05, 3.63) is 66.0 Å². The van der Waals surface area contributed by atoms with Gasteiger partial charge in [0.2, 0.25) is 0 Å². The van der Waals surface area contributed by atoms with E-state index in [-0.39, 0.29) is 5.60 Å². The Balaban J connectivity index is 1.37. The highest BCUT2D eigenvalue weighted by Crippen LogP contribution is 2.37. The van der Waals surface area contributed by atoms with Gasteiger partial charge in [-0.25, -0.2) is 0 Å². The zero-order valence-electron chi connectivity index (χ0n) is 16.9. The van der Waals surface area contributed by atoms with Gasteiger partial charge in [0, 0.05) is 44.1 Å². The van der Waals surface area contributed by atoms with E-state index >= 15 is 0 Å². The minimum absolute atomic E-state index is 0.183. The van der Waals surface area contributed by atoms with Crippen molar-refractivity contribution < 1.29 is 4.74 Å². The van der Waals surface area contributed by atoms with Gasteiger partial charge in [0.05, 0.1) is 12.2 Å². The van der Waals surface area contributed by atoms with Crippen molar-refractivity contribution in [1.82, 2.24) is 14.8 Å². The van der Waals surface area contributed by atoms with E-state index in [1.54, 1.807) is 0 Å². The molecule has 0 radical (unpaired) electrons. The van der Waals surface area contributed by atoms with Crippen molar-refractivity contribution in [2.24, 2.45) is 0 Å². The van der Waals surface area contributed by atoms with E-state index in [2.05, 4.69) is 51.2 Å². The van der Waals surface area contributed by atoms with Crippen LogP contribution in [-0.4, -0.2) is 54.1 Å². The summed E-state index contributed by atoms with van der Waals surface area (Å²) in [4.78, 5) is 9.50. The molecule has 0 spiro atoms. The lowest BCUT2D eigenvalue weighted by atomic mass is 9.84. The van der Waals surface area contributed by atoms with Gasteiger partial charge in [-0.3, -0.25) is 9.88 Å². The molecule has 28 heavy (non-hydrogen) atoms. The average Bonchev–Trinajstić information content (AvgIpc) is 2.77. The van der Waals surface area contributed by atoms with Crippen LogP contribution in [0.25, 0.3) is 0 Å². The third-order valence-corrected chi connectivity index (χ3v) is 6.33. The van der Waals surface area contributed by atoms with Crippen molar-refractivity contribution in [3.63, 3.8) is 0 Å². The normalized spacial score (nSPS) is 20.9.